The number of rotatable bonds is 3. The van der Waals surface area contributed by atoms with E-state index in [0.29, 0.717) is 14.9 Å². The number of anilines is 1. The van der Waals surface area contributed by atoms with E-state index in [0.717, 1.165) is 21.8 Å². The minimum absolute atomic E-state index is 0.256. The van der Waals surface area contributed by atoms with Crippen LogP contribution >= 0.6 is 34.7 Å². The van der Waals surface area contributed by atoms with Gasteiger partial charge in [0.15, 0.2) is 11.1 Å². The third-order valence-electron chi connectivity index (χ3n) is 4.07. The summed E-state index contributed by atoms with van der Waals surface area (Å²) < 4.78 is 24.9. The molecule has 9 heteroatoms. The first-order valence-electron chi connectivity index (χ1n) is 7.47. The van der Waals surface area contributed by atoms with Crippen molar-refractivity contribution in [2.75, 3.05) is 4.90 Å². The Labute approximate surface area is 166 Å². The zero-order valence-electron chi connectivity index (χ0n) is 13.0. The molecule has 5 nitrogen and oxygen atoms in total. The molecule has 26 heavy (non-hydrogen) atoms. The van der Waals surface area contributed by atoms with Crippen molar-refractivity contribution in [3.63, 3.8) is 0 Å². The van der Waals surface area contributed by atoms with Gasteiger partial charge in [-0.25, -0.2) is 9.19 Å². The lowest BCUT2D eigenvalue weighted by Crippen LogP contribution is -2.27. The minimum Gasteiger partial charge on any atom is -0.312 e. The second-order valence-corrected chi connectivity index (χ2v) is 8.13. The third kappa shape index (κ3) is 3.17. The summed E-state index contributed by atoms with van der Waals surface area (Å²) >= 11 is 11.8. The zero-order valence-corrected chi connectivity index (χ0v) is 16.2. The Kier molecular flexibility index (Phi) is 4.81. The maximum Gasteiger partial charge on any atom is 0.209 e. The Morgan fingerprint density at radius 3 is 2.65 bits per heavy atom. The van der Waals surface area contributed by atoms with Crippen LogP contribution in [0.1, 0.15) is 22.7 Å². The molecule has 0 spiro atoms. The number of benzene rings is 2. The van der Waals surface area contributed by atoms with E-state index >= 15 is 0 Å². The molecule has 0 aliphatic carbocycles. The highest BCUT2D eigenvalue weighted by atomic mass is 35.5. The summed E-state index contributed by atoms with van der Waals surface area (Å²) in [5, 5.41) is 1.81. The third-order valence-corrected chi connectivity index (χ3v) is 5.97. The summed E-state index contributed by atoms with van der Waals surface area (Å²) in [6.45, 7) is 0. The average Bonchev–Trinajstić information content (AvgIpc) is 3.15. The van der Waals surface area contributed by atoms with E-state index < -0.39 is 11.1 Å². The van der Waals surface area contributed by atoms with Crippen molar-refractivity contribution in [3.8, 4) is 0 Å². The lowest BCUT2D eigenvalue weighted by atomic mass is 9.91. The van der Waals surface area contributed by atoms with E-state index in [-0.39, 0.29) is 6.04 Å². The van der Waals surface area contributed by atoms with Gasteiger partial charge in [0.05, 0.1) is 10.9 Å². The van der Waals surface area contributed by atoms with Gasteiger partial charge in [-0.15, -0.1) is 0 Å². The molecule has 1 aromatic heterocycles. The van der Waals surface area contributed by atoms with Gasteiger partial charge in [0.1, 0.15) is 6.33 Å². The first-order valence-corrected chi connectivity index (χ1v) is 10.1. The molecule has 2 unspecified atom stereocenters. The maximum atomic E-state index is 11.4. The number of halogens is 2. The fourth-order valence-electron chi connectivity index (χ4n) is 2.95. The molecule has 0 bridgehead atoms. The van der Waals surface area contributed by atoms with Crippen molar-refractivity contribution in [3.05, 3.63) is 75.7 Å². The van der Waals surface area contributed by atoms with Gasteiger partial charge in [-0.1, -0.05) is 35.3 Å². The summed E-state index contributed by atoms with van der Waals surface area (Å²) in [5.74, 6) is 0. The Morgan fingerprint density at radius 1 is 1.15 bits per heavy atom. The SMILES string of the molecule is O=S(O)c1ccc2c(c1)C=CN(c1ncns1)C2c1ccc(Cl)cc1Cl. The van der Waals surface area contributed by atoms with Gasteiger partial charge in [-0.3, -0.25) is 0 Å². The van der Waals surface area contributed by atoms with Gasteiger partial charge in [-0.05, 0) is 47.0 Å². The highest BCUT2D eigenvalue weighted by Gasteiger charge is 2.30. The Balaban J connectivity index is 1.91. The van der Waals surface area contributed by atoms with Crippen LogP contribution in [-0.2, 0) is 11.1 Å². The summed E-state index contributed by atoms with van der Waals surface area (Å²) in [4.78, 5) is 6.63. The monoisotopic (exact) mass is 423 g/mol. The molecule has 0 amide bonds. The summed E-state index contributed by atoms with van der Waals surface area (Å²) in [7, 11) is 0. The van der Waals surface area contributed by atoms with E-state index in [1.165, 1.54) is 17.9 Å². The second kappa shape index (κ2) is 7.09. The van der Waals surface area contributed by atoms with Gasteiger partial charge in [-0.2, -0.15) is 4.37 Å². The Bertz CT molecular complexity index is 1020. The number of fused-ring (bicyclic) bond motifs is 1. The lowest BCUT2D eigenvalue weighted by molar-refractivity contribution is 0.564. The molecule has 2 aromatic carbocycles. The number of nitrogens with zero attached hydrogens (tertiary/aromatic N) is 3. The normalized spacial score (nSPS) is 17.2. The predicted octanol–water partition coefficient (Wildman–Crippen LogP) is 5.01. The molecule has 0 saturated carbocycles. The topological polar surface area (TPSA) is 66.3 Å². The van der Waals surface area contributed by atoms with Crippen LogP contribution in [0.25, 0.3) is 6.08 Å². The zero-order chi connectivity index (χ0) is 18.3. The second-order valence-electron chi connectivity index (χ2n) is 5.56. The smallest absolute Gasteiger partial charge is 0.209 e. The summed E-state index contributed by atoms with van der Waals surface area (Å²) in [6.07, 6.45) is 5.26. The summed E-state index contributed by atoms with van der Waals surface area (Å²) in [6, 6.07) is 10.3. The van der Waals surface area contributed by atoms with Crippen LogP contribution in [0.3, 0.4) is 0 Å². The van der Waals surface area contributed by atoms with Crippen molar-refractivity contribution in [2.45, 2.75) is 10.9 Å². The first kappa shape index (κ1) is 17.6. The molecule has 2 atom stereocenters. The highest BCUT2D eigenvalue weighted by Crippen LogP contribution is 2.42. The minimum atomic E-state index is -2.04. The highest BCUT2D eigenvalue weighted by molar-refractivity contribution is 7.79. The van der Waals surface area contributed by atoms with Crippen LogP contribution < -0.4 is 4.90 Å². The molecule has 0 saturated heterocycles. The molecule has 0 radical (unpaired) electrons. The van der Waals surface area contributed by atoms with E-state index in [1.54, 1.807) is 24.3 Å². The molecule has 1 N–H and O–H groups in total. The quantitative estimate of drug-likeness (QED) is 0.599. The molecular weight excluding hydrogens is 413 g/mol. The molecule has 2 heterocycles. The molecule has 1 aliphatic rings. The van der Waals surface area contributed by atoms with Crippen molar-refractivity contribution in [2.24, 2.45) is 0 Å². The molecule has 132 valence electrons. The van der Waals surface area contributed by atoms with E-state index in [9.17, 15) is 8.76 Å². The standard InChI is InChI=1S/C17H11Cl2N3O2S2/c18-11-1-3-14(15(19)8-11)16-13-4-2-12(26(23)24)7-10(13)5-6-22(16)17-20-9-21-25-17/h1-9,16H,(H,23,24). The first-order chi connectivity index (χ1) is 12.5. The number of hydrogen-bond donors (Lipinski definition) is 1. The van der Waals surface area contributed by atoms with Crippen LogP contribution in [0, 0.1) is 0 Å². The van der Waals surface area contributed by atoms with E-state index in [4.69, 9.17) is 23.2 Å². The molecule has 1 aliphatic heterocycles. The van der Waals surface area contributed by atoms with Gasteiger partial charge < -0.3 is 9.45 Å². The van der Waals surface area contributed by atoms with Crippen molar-refractivity contribution in [1.82, 2.24) is 9.36 Å². The van der Waals surface area contributed by atoms with Gasteiger partial charge in [0.25, 0.3) is 0 Å². The van der Waals surface area contributed by atoms with Crippen LogP contribution in [0.2, 0.25) is 10.0 Å². The van der Waals surface area contributed by atoms with Crippen molar-refractivity contribution < 1.29 is 8.76 Å². The van der Waals surface area contributed by atoms with Crippen LogP contribution in [0.4, 0.5) is 5.13 Å². The fraction of sp³-hybridized carbons (Fsp3) is 0.0588. The largest absolute Gasteiger partial charge is 0.312 e. The number of aromatic nitrogens is 2. The molecule has 4 rings (SSSR count). The molecule has 0 fully saturated rings. The maximum absolute atomic E-state index is 11.4. The van der Waals surface area contributed by atoms with E-state index in [1.807, 2.05) is 29.3 Å². The van der Waals surface area contributed by atoms with Crippen molar-refractivity contribution >= 4 is 57.0 Å². The Morgan fingerprint density at radius 2 is 1.96 bits per heavy atom. The molecular formula is C17H11Cl2N3O2S2. The van der Waals surface area contributed by atoms with Crippen LogP contribution in [0.15, 0.2) is 53.8 Å². The Hall–Kier alpha value is -1.77. The van der Waals surface area contributed by atoms with Gasteiger partial charge in [0.2, 0.25) is 5.13 Å². The summed E-state index contributed by atoms with van der Waals surface area (Å²) in [5.41, 5.74) is 2.65. The average molecular weight is 424 g/mol. The van der Waals surface area contributed by atoms with Gasteiger partial charge in [0, 0.05) is 27.8 Å². The lowest BCUT2D eigenvalue weighted by Gasteiger charge is -2.34. The number of hydrogen-bond acceptors (Lipinski definition) is 5. The van der Waals surface area contributed by atoms with E-state index in [2.05, 4.69) is 9.36 Å². The van der Waals surface area contributed by atoms with Crippen molar-refractivity contribution in [1.29, 1.82) is 0 Å². The van der Waals surface area contributed by atoms with Gasteiger partial charge >= 0.3 is 0 Å². The van der Waals surface area contributed by atoms with Crippen LogP contribution in [-0.4, -0.2) is 18.1 Å². The fourth-order valence-corrected chi connectivity index (χ4v) is 4.41. The predicted molar refractivity (Wildman–Crippen MR) is 105 cm³/mol. The van der Waals surface area contributed by atoms with Crippen LogP contribution in [0.5, 0.6) is 0 Å². The molecule has 3 aromatic rings.